The van der Waals surface area contributed by atoms with Gasteiger partial charge in [0.2, 0.25) is 0 Å². The van der Waals surface area contributed by atoms with Crippen molar-refractivity contribution in [1.29, 1.82) is 0 Å². The van der Waals surface area contributed by atoms with Crippen molar-refractivity contribution in [2.45, 2.75) is 18.9 Å². The quantitative estimate of drug-likeness (QED) is 0.810. The molecule has 2 rings (SSSR count). The lowest BCUT2D eigenvalue weighted by Gasteiger charge is -2.31. The molecular formula is C14H20FN3O. The second-order valence-corrected chi connectivity index (χ2v) is 4.90. The molecule has 1 aliphatic rings. The van der Waals surface area contributed by atoms with Crippen LogP contribution in [0.3, 0.4) is 0 Å². The molecule has 19 heavy (non-hydrogen) atoms. The van der Waals surface area contributed by atoms with Crippen molar-refractivity contribution in [1.82, 2.24) is 10.2 Å². The predicted octanol–water partition coefficient (Wildman–Crippen LogP) is 1.43. The first-order valence-electron chi connectivity index (χ1n) is 6.64. The van der Waals surface area contributed by atoms with E-state index in [9.17, 15) is 9.18 Å². The highest BCUT2D eigenvalue weighted by atomic mass is 19.1. The van der Waals surface area contributed by atoms with E-state index >= 15 is 0 Å². The highest BCUT2D eigenvalue weighted by Crippen LogP contribution is 2.12. The molecule has 0 unspecified atom stereocenters. The molecule has 1 amide bonds. The van der Waals surface area contributed by atoms with Gasteiger partial charge in [-0.3, -0.25) is 4.79 Å². The molecule has 3 N–H and O–H groups in total. The van der Waals surface area contributed by atoms with E-state index in [-0.39, 0.29) is 18.6 Å². The fraction of sp³-hybridized carbons (Fsp3) is 0.500. The Labute approximate surface area is 112 Å². The van der Waals surface area contributed by atoms with Crippen molar-refractivity contribution < 1.29 is 9.18 Å². The van der Waals surface area contributed by atoms with Crippen LogP contribution in [0.2, 0.25) is 0 Å². The third kappa shape index (κ3) is 3.92. The Morgan fingerprint density at radius 1 is 1.32 bits per heavy atom. The number of carbonyl (C=O) groups is 1. The Morgan fingerprint density at radius 3 is 2.53 bits per heavy atom. The summed E-state index contributed by atoms with van der Waals surface area (Å²) in [5.41, 5.74) is 6.86. The molecule has 1 heterocycles. The second-order valence-electron chi connectivity index (χ2n) is 4.90. The van der Waals surface area contributed by atoms with Crippen molar-refractivity contribution in [3.63, 3.8) is 0 Å². The van der Waals surface area contributed by atoms with Crippen LogP contribution in [0.5, 0.6) is 0 Å². The average Bonchev–Trinajstić information content (AvgIpc) is 2.42. The summed E-state index contributed by atoms with van der Waals surface area (Å²) in [6.45, 7) is 1.88. The van der Waals surface area contributed by atoms with Gasteiger partial charge in [-0.25, -0.2) is 4.39 Å². The van der Waals surface area contributed by atoms with Crippen LogP contribution in [0.25, 0.3) is 0 Å². The fourth-order valence-electron chi connectivity index (χ4n) is 2.32. The third-order valence-electron chi connectivity index (χ3n) is 3.50. The molecule has 1 aromatic rings. The van der Waals surface area contributed by atoms with E-state index in [1.807, 2.05) is 0 Å². The number of alkyl halides is 1. The van der Waals surface area contributed by atoms with E-state index in [0.717, 1.165) is 25.9 Å². The molecule has 5 heteroatoms. The molecule has 1 saturated heterocycles. The van der Waals surface area contributed by atoms with Crippen molar-refractivity contribution in [2.75, 3.05) is 32.0 Å². The Bertz CT molecular complexity index is 413. The number of nitrogens with two attached hydrogens (primary N) is 1. The van der Waals surface area contributed by atoms with E-state index < -0.39 is 0 Å². The lowest BCUT2D eigenvalue weighted by atomic mass is 10.0. The Hall–Kier alpha value is -1.62. The maximum Gasteiger partial charge on any atom is 0.251 e. The van der Waals surface area contributed by atoms with E-state index in [0.29, 0.717) is 17.8 Å². The Balaban J connectivity index is 1.82. The molecule has 0 bridgehead atoms. The van der Waals surface area contributed by atoms with Gasteiger partial charge in [0, 0.05) is 36.9 Å². The number of rotatable bonds is 4. The summed E-state index contributed by atoms with van der Waals surface area (Å²) in [6, 6.07) is 7.07. The summed E-state index contributed by atoms with van der Waals surface area (Å²) in [4.78, 5) is 14.1. The van der Waals surface area contributed by atoms with E-state index in [4.69, 9.17) is 5.73 Å². The molecule has 1 fully saturated rings. The molecule has 104 valence electrons. The molecule has 0 aliphatic carbocycles. The Kier molecular flexibility index (Phi) is 4.74. The van der Waals surface area contributed by atoms with Crippen LogP contribution >= 0.6 is 0 Å². The smallest absolute Gasteiger partial charge is 0.251 e. The van der Waals surface area contributed by atoms with Crippen LogP contribution in [0, 0.1) is 0 Å². The molecule has 0 saturated carbocycles. The zero-order valence-corrected chi connectivity index (χ0v) is 10.9. The lowest BCUT2D eigenvalue weighted by Crippen LogP contribution is -2.45. The van der Waals surface area contributed by atoms with Crippen LogP contribution in [0.1, 0.15) is 23.2 Å². The van der Waals surface area contributed by atoms with Crippen LogP contribution in [0.4, 0.5) is 10.1 Å². The number of hydrogen-bond donors (Lipinski definition) is 2. The first-order chi connectivity index (χ1) is 9.19. The molecule has 0 atom stereocenters. The first kappa shape index (κ1) is 13.8. The summed E-state index contributed by atoms with van der Waals surface area (Å²) < 4.78 is 12.2. The van der Waals surface area contributed by atoms with Crippen molar-refractivity contribution in [3.05, 3.63) is 29.8 Å². The van der Waals surface area contributed by atoms with Crippen LogP contribution in [0.15, 0.2) is 24.3 Å². The van der Waals surface area contributed by atoms with Crippen molar-refractivity contribution in [2.24, 2.45) is 0 Å². The largest absolute Gasteiger partial charge is 0.399 e. The highest BCUT2D eigenvalue weighted by Gasteiger charge is 2.20. The molecule has 1 aliphatic heterocycles. The first-order valence-corrected chi connectivity index (χ1v) is 6.64. The van der Waals surface area contributed by atoms with Gasteiger partial charge in [0.15, 0.2) is 0 Å². The van der Waals surface area contributed by atoms with Gasteiger partial charge >= 0.3 is 0 Å². The predicted molar refractivity (Wildman–Crippen MR) is 73.8 cm³/mol. The van der Waals surface area contributed by atoms with Gasteiger partial charge in [0.25, 0.3) is 5.91 Å². The number of likely N-dealkylation sites (tertiary alicyclic amines) is 1. The average molecular weight is 265 g/mol. The number of hydrogen-bond acceptors (Lipinski definition) is 3. The molecule has 4 nitrogen and oxygen atoms in total. The molecule has 0 spiro atoms. The minimum Gasteiger partial charge on any atom is -0.399 e. The summed E-state index contributed by atoms with van der Waals surface area (Å²) in [5, 5.41) is 3.02. The van der Waals surface area contributed by atoms with Gasteiger partial charge in [-0.05, 0) is 37.1 Å². The Morgan fingerprint density at radius 2 is 1.95 bits per heavy atom. The molecule has 1 aromatic carbocycles. The molecule has 0 aromatic heterocycles. The number of nitrogens with zero attached hydrogens (tertiary/aromatic N) is 1. The fourth-order valence-corrected chi connectivity index (χ4v) is 2.32. The molecular weight excluding hydrogens is 245 g/mol. The minimum atomic E-state index is -0.303. The van der Waals surface area contributed by atoms with Crippen LogP contribution in [-0.2, 0) is 0 Å². The summed E-state index contributed by atoms with van der Waals surface area (Å²) in [7, 11) is 0. The van der Waals surface area contributed by atoms with Crippen molar-refractivity contribution >= 4 is 11.6 Å². The summed E-state index contributed by atoms with van der Waals surface area (Å²) in [6.07, 6.45) is 1.75. The maximum atomic E-state index is 12.2. The summed E-state index contributed by atoms with van der Waals surface area (Å²) in [5.74, 6) is -0.0658. The summed E-state index contributed by atoms with van der Waals surface area (Å²) >= 11 is 0. The zero-order valence-electron chi connectivity index (χ0n) is 10.9. The van der Waals surface area contributed by atoms with Gasteiger partial charge in [0.05, 0.1) is 0 Å². The van der Waals surface area contributed by atoms with Gasteiger partial charge in [0.1, 0.15) is 6.67 Å². The van der Waals surface area contributed by atoms with E-state index in [1.54, 1.807) is 24.3 Å². The molecule has 0 radical (unpaired) electrons. The normalized spacial score (nSPS) is 17.3. The van der Waals surface area contributed by atoms with E-state index in [1.165, 1.54) is 0 Å². The standard InChI is InChI=1S/C14H20FN3O/c15-7-10-18-8-5-13(6-9-18)17-14(19)11-1-3-12(16)4-2-11/h1-4,13H,5-10,16H2,(H,17,19). The second kappa shape index (κ2) is 6.52. The number of piperidine rings is 1. The SMILES string of the molecule is Nc1ccc(C(=O)NC2CCN(CCF)CC2)cc1. The highest BCUT2D eigenvalue weighted by molar-refractivity contribution is 5.94. The topological polar surface area (TPSA) is 58.4 Å². The van der Waals surface area contributed by atoms with Gasteiger partial charge in [-0.15, -0.1) is 0 Å². The van der Waals surface area contributed by atoms with Crippen molar-refractivity contribution in [3.8, 4) is 0 Å². The monoisotopic (exact) mass is 265 g/mol. The third-order valence-corrected chi connectivity index (χ3v) is 3.50. The number of nitrogen functional groups attached to an aromatic ring is 1. The van der Waals surface area contributed by atoms with Gasteiger partial charge in [-0.2, -0.15) is 0 Å². The maximum absolute atomic E-state index is 12.2. The van der Waals surface area contributed by atoms with E-state index in [2.05, 4.69) is 10.2 Å². The number of nitrogens with one attached hydrogen (secondary N) is 1. The van der Waals surface area contributed by atoms with Crippen LogP contribution in [-0.4, -0.2) is 43.2 Å². The minimum absolute atomic E-state index is 0.0658. The number of anilines is 1. The van der Waals surface area contributed by atoms with Gasteiger partial charge in [-0.1, -0.05) is 0 Å². The lowest BCUT2D eigenvalue weighted by molar-refractivity contribution is 0.0909. The zero-order chi connectivity index (χ0) is 13.7. The van der Waals surface area contributed by atoms with Crippen LogP contribution < -0.4 is 11.1 Å². The number of carbonyl (C=O) groups excluding carboxylic acids is 1. The number of benzene rings is 1. The number of halogens is 1. The van der Waals surface area contributed by atoms with Gasteiger partial charge < -0.3 is 16.0 Å². The number of amides is 1.